The fourth-order valence-corrected chi connectivity index (χ4v) is 3.89. The van der Waals surface area contributed by atoms with E-state index in [4.69, 9.17) is 5.73 Å². The number of para-hydroxylation sites is 1. The molecule has 2 aromatic rings. The van der Waals surface area contributed by atoms with Crippen LogP contribution in [0.25, 0.3) is 0 Å². The van der Waals surface area contributed by atoms with Crippen molar-refractivity contribution in [1.82, 2.24) is 0 Å². The smallest absolute Gasteiger partial charge is 0.0621 e. The third-order valence-electron chi connectivity index (χ3n) is 6.71. The molecular weight excluding hydrogens is 280 g/mol. The molecule has 122 valence electrons. The first-order valence-corrected chi connectivity index (χ1v) is 8.35. The molecule has 3 N–H and O–H groups in total. The van der Waals surface area contributed by atoms with Crippen molar-refractivity contribution >= 4 is 17.1 Å². The van der Waals surface area contributed by atoms with Gasteiger partial charge < -0.3 is 11.1 Å². The molecule has 0 heterocycles. The number of nitrogens with one attached hydrogen (secondary N) is 1. The maximum atomic E-state index is 6.38. The first kappa shape index (κ1) is 15.9. The van der Waals surface area contributed by atoms with Crippen LogP contribution in [0.5, 0.6) is 0 Å². The summed E-state index contributed by atoms with van der Waals surface area (Å²) < 4.78 is 0. The molecule has 23 heavy (non-hydrogen) atoms. The summed E-state index contributed by atoms with van der Waals surface area (Å²) in [6.07, 6.45) is 0. The normalized spacial score (nSPS) is 20.1. The minimum atomic E-state index is 0.0885. The number of benzene rings is 2. The van der Waals surface area contributed by atoms with Crippen molar-refractivity contribution in [3.63, 3.8) is 0 Å². The molecule has 1 aliphatic carbocycles. The van der Waals surface area contributed by atoms with Crippen LogP contribution < -0.4 is 11.1 Å². The lowest BCUT2D eigenvalue weighted by Gasteiger charge is -2.44. The Hall–Kier alpha value is -1.96. The zero-order valence-corrected chi connectivity index (χ0v) is 15.1. The molecule has 0 amide bonds. The summed E-state index contributed by atoms with van der Waals surface area (Å²) in [5.41, 5.74) is 12.4. The van der Waals surface area contributed by atoms with E-state index in [2.05, 4.69) is 71.1 Å². The van der Waals surface area contributed by atoms with Crippen molar-refractivity contribution in [2.75, 3.05) is 11.1 Å². The van der Waals surface area contributed by atoms with Gasteiger partial charge in [-0.05, 0) is 51.6 Å². The predicted molar refractivity (Wildman–Crippen MR) is 100 cm³/mol. The van der Waals surface area contributed by atoms with E-state index in [-0.39, 0.29) is 16.2 Å². The van der Waals surface area contributed by atoms with Crippen molar-refractivity contribution in [1.29, 1.82) is 0 Å². The van der Waals surface area contributed by atoms with Crippen LogP contribution in [0.1, 0.15) is 52.7 Å². The van der Waals surface area contributed by atoms with Crippen LogP contribution in [0.4, 0.5) is 17.1 Å². The van der Waals surface area contributed by atoms with Crippen LogP contribution in [-0.4, -0.2) is 0 Å². The molecule has 0 unspecified atom stereocenters. The molecule has 0 spiro atoms. The molecule has 0 bridgehead atoms. The summed E-state index contributed by atoms with van der Waals surface area (Å²) in [5.74, 6) is 0. The number of hydrogen-bond donors (Lipinski definition) is 2. The summed E-state index contributed by atoms with van der Waals surface area (Å²) in [7, 11) is 0. The lowest BCUT2D eigenvalue weighted by Crippen LogP contribution is -2.42. The average molecular weight is 308 g/mol. The van der Waals surface area contributed by atoms with Gasteiger partial charge in [-0.1, -0.05) is 59.7 Å². The van der Waals surface area contributed by atoms with Gasteiger partial charge in [-0.15, -0.1) is 0 Å². The van der Waals surface area contributed by atoms with Crippen molar-refractivity contribution in [2.45, 2.75) is 52.4 Å². The highest BCUT2D eigenvalue weighted by atomic mass is 14.9. The van der Waals surface area contributed by atoms with E-state index >= 15 is 0 Å². The Labute approximate surface area is 140 Å². The predicted octanol–water partition coefficient (Wildman–Crippen LogP) is 5.61. The lowest BCUT2D eigenvalue weighted by atomic mass is 9.59. The SMILES string of the molecule is CC1(C)c2cc(N)c(Nc3ccccc3)cc2C(C)(C)C1(C)C. The van der Waals surface area contributed by atoms with Gasteiger partial charge in [0.05, 0.1) is 11.4 Å². The molecule has 0 aromatic heterocycles. The minimum Gasteiger partial charge on any atom is -0.397 e. The summed E-state index contributed by atoms with van der Waals surface area (Å²) >= 11 is 0. The Kier molecular flexibility index (Phi) is 3.30. The number of nitrogens with two attached hydrogens (primary N) is 1. The lowest BCUT2D eigenvalue weighted by molar-refractivity contribution is 0.125. The number of anilines is 3. The molecule has 2 nitrogen and oxygen atoms in total. The number of hydrogen-bond acceptors (Lipinski definition) is 2. The van der Waals surface area contributed by atoms with Gasteiger partial charge in [0.1, 0.15) is 0 Å². The molecule has 0 fully saturated rings. The topological polar surface area (TPSA) is 38.0 Å². The number of rotatable bonds is 2. The number of fused-ring (bicyclic) bond motifs is 1. The first-order valence-electron chi connectivity index (χ1n) is 8.35. The maximum Gasteiger partial charge on any atom is 0.0621 e. The maximum absolute atomic E-state index is 6.38. The molecule has 0 aliphatic heterocycles. The molecule has 1 aliphatic rings. The summed E-state index contributed by atoms with van der Waals surface area (Å²) in [5, 5.41) is 3.47. The van der Waals surface area contributed by atoms with Gasteiger partial charge in [0.25, 0.3) is 0 Å². The van der Waals surface area contributed by atoms with Crippen LogP contribution in [0.2, 0.25) is 0 Å². The highest BCUT2D eigenvalue weighted by Gasteiger charge is 2.56. The fraction of sp³-hybridized carbons (Fsp3) is 0.429. The fourth-order valence-electron chi connectivity index (χ4n) is 3.89. The van der Waals surface area contributed by atoms with Crippen LogP contribution in [0, 0.1) is 5.41 Å². The minimum absolute atomic E-state index is 0.0885. The van der Waals surface area contributed by atoms with Crippen LogP contribution in [0.3, 0.4) is 0 Å². The molecule has 2 heteroatoms. The van der Waals surface area contributed by atoms with Crippen molar-refractivity contribution < 1.29 is 0 Å². The van der Waals surface area contributed by atoms with Gasteiger partial charge in [-0.3, -0.25) is 0 Å². The molecule has 0 radical (unpaired) electrons. The molecule has 2 aromatic carbocycles. The quantitative estimate of drug-likeness (QED) is 0.708. The van der Waals surface area contributed by atoms with Crippen LogP contribution >= 0.6 is 0 Å². The standard InChI is InChI=1S/C21H28N2/c1-19(2)15-12-17(22)18(23-14-10-8-7-9-11-14)13-16(15)20(3,4)21(19,5)6/h7-13,23H,22H2,1-6H3. The molecular formula is C21H28N2. The number of nitrogen functional groups attached to an aromatic ring is 1. The van der Waals surface area contributed by atoms with Gasteiger partial charge in [0.15, 0.2) is 0 Å². The third-order valence-corrected chi connectivity index (χ3v) is 6.71. The Morgan fingerprint density at radius 3 is 1.87 bits per heavy atom. The van der Waals surface area contributed by atoms with Crippen molar-refractivity contribution in [2.24, 2.45) is 5.41 Å². The van der Waals surface area contributed by atoms with Crippen LogP contribution in [0.15, 0.2) is 42.5 Å². The largest absolute Gasteiger partial charge is 0.397 e. The van der Waals surface area contributed by atoms with Gasteiger partial charge in [-0.2, -0.15) is 0 Å². The van der Waals surface area contributed by atoms with E-state index in [0.29, 0.717) is 0 Å². The van der Waals surface area contributed by atoms with Crippen molar-refractivity contribution in [3.8, 4) is 0 Å². The second-order valence-corrected chi connectivity index (χ2v) is 8.35. The monoisotopic (exact) mass is 308 g/mol. The van der Waals surface area contributed by atoms with Crippen LogP contribution in [-0.2, 0) is 10.8 Å². The molecule has 0 saturated carbocycles. The first-order chi connectivity index (χ1) is 10.6. The van der Waals surface area contributed by atoms with Gasteiger partial charge in [-0.25, -0.2) is 0 Å². The highest BCUT2D eigenvalue weighted by molar-refractivity contribution is 5.76. The van der Waals surface area contributed by atoms with E-state index < -0.39 is 0 Å². The Bertz CT molecular complexity index is 740. The summed E-state index contributed by atoms with van der Waals surface area (Å²) in [4.78, 5) is 0. The second-order valence-electron chi connectivity index (χ2n) is 8.35. The van der Waals surface area contributed by atoms with E-state index in [1.54, 1.807) is 0 Å². The Morgan fingerprint density at radius 2 is 1.30 bits per heavy atom. The third kappa shape index (κ3) is 2.08. The second kappa shape index (κ2) is 4.77. The van der Waals surface area contributed by atoms with Gasteiger partial charge in [0, 0.05) is 5.69 Å². The molecule has 0 atom stereocenters. The van der Waals surface area contributed by atoms with Gasteiger partial charge in [0.2, 0.25) is 0 Å². The van der Waals surface area contributed by atoms with E-state index in [1.165, 1.54) is 11.1 Å². The van der Waals surface area contributed by atoms with Crippen molar-refractivity contribution in [3.05, 3.63) is 53.6 Å². The van der Waals surface area contributed by atoms with E-state index in [1.807, 2.05) is 18.2 Å². The Morgan fingerprint density at radius 1 is 0.783 bits per heavy atom. The highest BCUT2D eigenvalue weighted by Crippen LogP contribution is 2.62. The molecule has 3 rings (SSSR count). The zero-order chi connectivity index (χ0) is 17.0. The van der Waals surface area contributed by atoms with E-state index in [9.17, 15) is 0 Å². The summed E-state index contributed by atoms with van der Waals surface area (Å²) in [6.45, 7) is 14.1. The Balaban J connectivity index is 2.13. The van der Waals surface area contributed by atoms with Gasteiger partial charge >= 0.3 is 0 Å². The molecule has 0 saturated heterocycles. The van der Waals surface area contributed by atoms with E-state index in [0.717, 1.165) is 17.1 Å². The average Bonchev–Trinajstić information content (AvgIpc) is 2.58. The summed E-state index contributed by atoms with van der Waals surface area (Å²) in [6, 6.07) is 14.6. The zero-order valence-electron chi connectivity index (χ0n) is 15.1.